The molecule has 1 saturated heterocycles. The van der Waals surface area contributed by atoms with Crippen molar-refractivity contribution in [2.75, 3.05) is 13.1 Å². The fraction of sp³-hybridized carbons (Fsp3) is 0.667. The third-order valence-electron chi connectivity index (χ3n) is 4.21. The van der Waals surface area contributed by atoms with Crippen LogP contribution < -0.4 is 0 Å². The topological polar surface area (TPSA) is 36.4 Å². The van der Waals surface area contributed by atoms with Crippen LogP contribution in [0.4, 0.5) is 0 Å². The van der Waals surface area contributed by atoms with Crippen LogP contribution in [0.25, 0.3) is 0 Å². The van der Waals surface area contributed by atoms with Gasteiger partial charge in [-0.1, -0.05) is 6.42 Å². The molecular weight excluding hydrogens is 224 g/mol. The van der Waals surface area contributed by atoms with Crippen LogP contribution in [0.15, 0.2) is 18.5 Å². The molecule has 0 spiro atoms. The lowest BCUT2D eigenvalue weighted by atomic mass is 9.87. The van der Waals surface area contributed by atoms with Gasteiger partial charge in [0.05, 0.1) is 6.10 Å². The molecule has 3 nitrogen and oxygen atoms in total. The summed E-state index contributed by atoms with van der Waals surface area (Å²) < 4.78 is 0. The molecule has 100 valence electrons. The number of aromatic nitrogens is 1. The number of likely N-dealkylation sites (tertiary alicyclic amines) is 1. The highest BCUT2D eigenvalue weighted by molar-refractivity contribution is 5.26. The van der Waals surface area contributed by atoms with E-state index in [0.717, 1.165) is 24.2 Å². The number of nitrogens with zero attached hydrogens (tertiary/aromatic N) is 2. The standard InChI is InChI=1S/C15H24N2O/c1-12-7-8-16-11-13(12)14(18)15(2,3)17-9-5-4-6-10-17/h7-8,11,14,18H,4-6,9-10H2,1-3H3. The maximum atomic E-state index is 10.7. The van der Waals surface area contributed by atoms with Crippen LogP contribution in [0.2, 0.25) is 0 Å². The first kappa shape index (κ1) is 13.5. The SMILES string of the molecule is Cc1ccncc1C(O)C(C)(C)N1CCCCC1. The summed E-state index contributed by atoms with van der Waals surface area (Å²) in [4.78, 5) is 6.56. The van der Waals surface area contributed by atoms with Crippen LogP contribution in [-0.4, -0.2) is 33.6 Å². The molecule has 1 aliphatic heterocycles. The summed E-state index contributed by atoms with van der Waals surface area (Å²) >= 11 is 0. The molecule has 1 fully saturated rings. The molecule has 0 saturated carbocycles. The van der Waals surface area contributed by atoms with Gasteiger partial charge < -0.3 is 5.11 Å². The van der Waals surface area contributed by atoms with Crippen molar-refractivity contribution in [3.8, 4) is 0 Å². The van der Waals surface area contributed by atoms with E-state index in [9.17, 15) is 5.11 Å². The van der Waals surface area contributed by atoms with E-state index in [1.165, 1.54) is 19.3 Å². The van der Waals surface area contributed by atoms with E-state index < -0.39 is 6.10 Å². The van der Waals surface area contributed by atoms with Crippen molar-refractivity contribution < 1.29 is 5.11 Å². The van der Waals surface area contributed by atoms with E-state index in [2.05, 4.69) is 23.7 Å². The Hall–Kier alpha value is -0.930. The third kappa shape index (κ3) is 2.57. The zero-order valence-electron chi connectivity index (χ0n) is 11.7. The molecule has 0 aromatic carbocycles. The minimum absolute atomic E-state index is 0.228. The summed E-state index contributed by atoms with van der Waals surface area (Å²) in [6.45, 7) is 8.48. The van der Waals surface area contributed by atoms with Crippen molar-refractivity contribution in [1.29, 1.82) is 0 Å². The molecule has 1 aromatic rings. The van der Waals surface area contributed by atoms with Gasteiger partial charge in [0, 0.05) is 23.5 Å². The Kier molecular flexibility index (Phi) is 4.03. The number of aryl methyl sites for hydroxylation is 1. The van der Waals surface area contributed by atoms with Crippen LogP contribution in [0.5, 0.6) is 0 Å². The highest BCUT2D eigenvalue weighted by Crippen LogP contribution is 2.33. The summed E-state index contributed by atoms with van der Waals surface area (Å²) in [6.07, 6.45) is 6.88. The maximum Gasteiger partial charge on any atom is 0.0985 e. The molecule has 1 unspecified atom stereocenters. The molecular formula is C15H24N2O. The number of pyridine rings is 1. The summed E-state index contributed by atoms with van der Waals surface area (Å²) in [7, 11) is 0. The molecule has 0 aliphatic carbocycles. The average molecular weight is 248 g/mol. The Morgan fingerprint density at radius 1 is 1.28 bits per heavy atom. The van der Waals surface area contributed by atoms with Crippen molar-refractivity contribution >= 4 is 0 Å². The number of aliphatic hydroxyl groups is 1. The van der Waals surface area contributed by atoms with Gasteiger partial charge in [0.1, 0.15) is 0 Å². The fourth-order valence-corrected chi connectivity index (χ4v) is 2.79. The Morgan fingerprint density at radius 3 is 2.56 bits per heavy atom. The highest BCUT2D eigenvalue weighted by atomic mass is 16.3. The minimum atomic E-state index is -0.482. The Morgan fingerprint density at radius 2 is 1.94 bits per heavy atom. The van der Waals surface area contributed by atoms with Crippen LogP contribution >= 0.6 is 0 Å². The molecule has 1 aliphatic rings. The van der Waals surface area contributed by atoms with Gasteiger partial charge >= 0.3 is 0 Å². The molecule has 0 amide bonds. The van der Waals surface area contributed by atoms with Crippen molar-refractivity contribution in [1.82, 2.24) is 9.88 Å². The molecule has 18 heavy (non-hydrogen) atoms. The monoisotopic (exact) mass is 248 g/mol. The van der Waals surface area contributed by atoms with Crippen molar-refractivity contribution in [3.05, 3.63) is 29.6 Å². The quantitative estimate of drug-likeness (QED) is 0.893. The second-order valence-electron chi connectivity index (χ2n) is 5.84. The lowest BCUT2D eigenvalue weighted by molar-refractivity contribution is -0.0213. The van der Waals surface area contributed by atoms with Gasteiger partial charge in [-0.15, -0.1) is 0 Å². The van der Waals surface area contributed by atoms with Gasteiger partial charge in [-0.2, -0.15) is 0 Å². The largest absolute Gasteiger partial charge is 0.386 e. The molecule has 1 aromatic heterocycles. The molecule has 0 bridgehead atoms. The van der Waals surface area contributed by atoms with Gasteiger partial charge in [0.15, 0.2) is 0 Å². The summed E-state index contributed by atoms with van der Waals surface area (Å²) in [5, 5.41) is 10.7. The predicted molar refractivity (Wildman–Crippen MR) is 73.4 cm³/mol. The number of hydrogen-bond donors (Lipinski definition) is 1. The van der Waals surface area contributed by atoms with E-state index in [1.54, 1.807) is 12.4 Å². The second kappa shape index (κ2) is 5.37. The summed E-state index contributed by atoms with van der Waals surface area (Å²) in [6, 6.07) is 1.96. The van der Waals surface area contributed by atoms with Gasteiger partial charge in [-0.05, 0) is 58.3 Å². The lowest BCUT2D eigenvalue weighted by Gasteiger charge is -2.44. The van der Waals surface area contributed by atoms with E-state index in [1.807, 2.05) is 13.0 Å². The molecule has 1 atom stereocenters. The predicted octanol–water partition coefficient (Wildman–Crippen LogP) is 2.69. The zero-order chi connectivity index (χ0) is 13.2. The first-order chi connectivity index (χ1) is 8.53. The molecule has 1 N–H and O–H groups in total. The zero-order valence-corrected chi connectivity index (χ0v) is 11.7. The fourth-order valence-electron chi connectivity index (χ4n) is 2.79. The molecule has 2 rings (SSSR count). The maximum absolute atomic E-state index is 10.7. The van der Waals surface area contributed by atoms with E-state index in [4.69, 9.17) is 0 Å². The van der Waals surface area contributed by atoms with Gasteiger partial charge in [0.2, 0.25) is 0 Å². The lowest BCUT2D eigenvalue weighted by Crippen LogP contribution is -2.50. The normalized spacial score (nSPS) is 19.8. The Labute approximate surface area is 110 Å². The molecule has 0 radical (unpaired) electrons. The number of rotatable bonds is 3. The summed E-state index contributed by atoms with van der Waals surface area (Å²) in [5.41, 5.74) is 1.84. The summed E-state index contributed by atoms with van der Waals surface area (Å²) in [5.74, 6) is 0. The Balaban J connectivity index is 2.20. The van der Waals surface area contributed by atoms with E-state index in [-0.39, 0.29) is 5.54 Å². The third-order valence-corrected chi connectivity index (χ3v) is 4.21. The first-order valence-electron chi connectivity index (χ1n) is 6.87. The first-order valence-corrected chi connectivity index (χ1v) is 6.87. The Bertz CT molecular complexity index is 397. The van der Waals surface area contributed by atoms with Crippen LogP contribution in [0, 0.1) is 6.92 Å². The molecule has 3 heteroatoms. The smallest absolute Gasteiger partial charge is 0.0985 e. The van der Waals surface area contributed by atoms with Gasteiger partial charge in [0.25, 0.3) is 0 Å². The van der Waals surface area contributed by atoms with Gasteiger partial charge in [-0.25, -0.2) is 0 Å². The minimum Gasteiger partial charge on any atom is -0.386 e. The van der Waals surface area contributed by atoms with Crippen LogP contribution in [-0.2, 0) is 0 Å². The van der Waals surface area contributed by atoms with Crippen molar-refractivity contribution in [2.45, 2.75) is 51.7 Å². The van der Waals surface area contributed by atoms with Crippen LogP contribution in [0.1, 0.15) is 50.3 Å². The number of aliphatic hydroxyl groups excluding tert-OH is 1. The van der Waals surface area contributed by atoms with E-state index in [0.29, 0.717) is 0 Å². The highest BCUT2D eigenvalue weighted by Gasteiger charge is 2.36. The van der Waals surface area contributed by atoms with Crippen molar-refractivity contribution in [2.24, 2.45) is 0 Å². The molecule has 2 heterocycles. The second-order valence-corrected chi connectivity index (χ2v) is 5.84. The number of hydrogen-bond acceptors (Lipinski definition) is 3. The number of piperidine rings is 1. The van der Waals surface area contributed by atoms with E-state index >= 15 is 0 Å². The average Bonchev–Trinajstić information content (AvgIpc) is 2.39. The van der Waals surface area contributed by atoms with Gasteiger partial charge in [-0.3, -0.25) is 9.88 Å². The van der Waals surface area contributed by atoms with Crippen LogP contribution in [0.3, 0.4) is 0 Å². The van der Waals surface area contributed by atoms with Crippen molar-refractivity contribution in [3.63, 3.8) is 0 Å².